The summed E-state index contributed by atoms with van der Waals surface area (Å²) >= 11 is 0. The Bertz CT molecular complexity index is 927. The third-order valence-electron chi connectivity index (χ3n) is 3.76. The normalized spacial score (nSPS) is 10.5. The molecule has 0 atom stereocenters. The zero-order valence-corrected chi connectivity index (χ0v) is 12.0. The molecule has 0 fully saturated rings. The van der Waals surface area contributed by atoms with Crippen LogP contribution in [0.5, 0.6) is 0 Å². The number of fused-ring (bicyclic) bond motifs is 3. The predicted molar refractivity (Wildman–Crippen MR) is 85.6 cm³/mol. The van der Waals surface area contributed by atoms with E-state index in [-0.39, 0.29) is 0 Å². The number of nitrogens with zero attached hydrogens (tertiary/aromatic N) is 1. The first-order valence-corrected chi connectivity index (χ1v) is 7.03. The predicted octanol–water partition coefficient (Wildman–Crippen LogP) is 4.05. The van der Waals surface area contributed by atoms with Crippen LogP contribution in [0.3, 0.4) is 0 Å². The maximum absolute atomic E-state index is 8.24. The Balaban J connectivity index is 0.000000446. The summed E-state index contributed by atoms with van der Waals surface area (Å²) in [6.45, 7) is 1.39. The van der Waals surface area contributed by atoms with Crippen LogP contribution in [0, 0.1) is 10.4 Å². The smallest absolute Gasteiger partial charge is 0.0727 e. The van der Waals surface area contributed by atoms with Crippen LogP contribution >= 0.6 is 0 Å². The molecule has 0 heterocycles. The topological polar surface area (TPSA) is 48.6 Å². The zero-order valence-electron chi connectivity index (χ0n) is 12.0. The first kappa shape index (κ1) is 14.2. The lowest BCUT2D eigenvalue weighted by Crippen LogP contribution is -2.03. The van der Waals surface area contributed by atoms with Crippen molar-refractivity contribution < 1.29 is 9.53 Å². The fraction of sp³-hybridized carbons (Fsp3) is 0.105. The molecule has 0 radical (unpaired) electrons. The molecule has 2 aliphatic carbocycles. The second-order valence-corrected chi connectivity index (χ2v) is 5.07. The van der Waals surface area contributed by atoms with Crippen molar-refractivity contribution >= 4 is 16.9 Å². The van der Waals surface area contributed by atoms with Gasteiger partial charge in [-0.15, -0.1) is 0 Å². The molecule has 2 aromatic carbocycles. The Hall–Kier alpha value is -2.74. The maximum Gasteiger partial charge on any atom is 0.0727 e. The van der Waals surface area contributed by atoms with Crippen molar-refractivity contribution in [1.82, 2.24) is 0 Å². The van der Waals surface area contributed by atoms with Crippen LogP contribution in [0.1, 0.15) is 11.1 Å². The summed E-state index contributed by atoms with van der Waals surface area (Å²) in [5.41, 5.74) is 2.57. The molecular weight excluding hydrogens is 274 g/mol. The van der Waals surface area contributed by atoms with Crippen LogP contribution in [0.4, 0.5) is 0 Å². The molecular formula is C19H14NO2-. The van der Waals surface area contributed by atoms with E-state index in [1.807, 2.05) is 18.2 Å². The van der Waals surface area contributed by atoms with E-state index in [1.54, 1.807) is 0 Å². The number of rotatable bonds is 4. The Morgan fingerprint density at radius 1 is 0.909 bits per heavy atom. The van der Waals surface area contributed by atoms with Crippen molar-refractivity contribution in [2.45, 2.75) is 13.2 Å². The molecule has 0 unspecified atom stereocenters. The molecule has 0 aliphatic heterocycles. The molecule has 108 valence electrons. The van der Waals surface area contributed by atoms with E-state index in [1.165, 1.54) is 32.3 Å². The summed E-state index contributed by atoms with van der Waals surface area (Å²) in [5.74, 6) is 0. The van der Waals surface area contributed by atoms with E-state index in [0.717, 1.165) is 0 Å². The average Bonchev–Trinajstić information content (AvgIpc) is 2.52. The molecule has 0 N–H and O–H groups in total. The van der Waals surface area contributed by atoms with Gasteiger partial charge in [-0.05, 0) is 44.5 Å². The minimum Gasteiger partial charge on any atom is -0.724 e. The molecule has 0 aromatic heterocycles. The van der Waals surface area contributed by atoms with Crippen LogP contribution in [0.15, 0.2) is 60.7 Å². The molecule has 0 amide bonds. The van der Waals surface area contributed by atoms with Crippen LogP contribution in [-0.2, 0) is 22.7 Å². The maximum atomic E-state index is 8.24. The molecule has 2 aromatic rings. The van der Waals surface area contributed by atoms with Gasteiger partial charge in [-0.3, -0.25) is 4.79 Å². The molecule has 0 spiro atoms. The van der Waals surface area contributed by atoms with Gasteiger partial charge in [0.05, 0.1) is 13.2 Å². The van der Waals surface area contributed by atoms with Crippen LogP contribution < -0.4 is 0 Å². The molecule has 2 aliphatic rings. The Morgan fingerprint density at radius 3 is 2.27 bits per heavy atom. The molecule has 22 heavy (non-hydrogen) atoms. The quantitative estimate of drug-likeness (QED) is 0.420. The fourth-order valence-corrected chi connectivity index (χ4v) is 2.78. The van der Waals surface area contributed by atoms with Gasteiger partial charge in [-0.1, -0.05) is 54.6 Å². The summed E-state index contributed by atoms with van der Waals surface area (Å²) in [6.07, 6.45) is 0.500. The SMILES string of the molecule is [N-]=C=O.c1ccc(COCc2cc3c4ccccc4c2=3)cc1. The fourth-order valence-electron chi connectivity index (χ4n) is 2.78. The van der Waals surface area contributed by atoms with Gasteiger partial charge in [0.25, 0.3) is 0 Å². The van der Waals surface area contributed by atoms with Gasteiger partial charge >= 0.3 is 0 Å². The van der Waals surface area contributed by atoms with Crippen LogP contribution in [-0.4, -0.2) is 6.08 Å². The second kappa shape index (κ2) is 6.35. The summed E-state index contributed by atoms with van der Waals surface area (Å²) in [4.78, 5) is 8.24. The van der Waals surface area contributed by atoms with Gasteiger partial charge in [-0.25, -0.2) is 0 Å². The minimum absolute atomic E-state index is 0.500. The number of hydrogen-bond acceptors (Lipinski definition) is 2. The van der Waals surface area contributed by atoms with Crippen molar-refractivity contribution in [1.29, 1.82) is 0 Å². The van der Waals surface area contributed by atoms with Gasteiger partial charge in [0.15, 0.2) is 0 Å². The second-order valence-electron chi connectivity index (χ2n) is 5.07. The molecule has 3 heteroatoms. The highest BCUT2D eigenvalue weighted by atomic mass is 16.5. The average molecular weight is 288 g/mol. The van der Waals surface area contributed by atoms with Crippen molar-refractivity contribution in [3.63, 3.8) is 0 Å². The van der Waals surface area contributed by atoms with Gasteiger partial charge in [0.2, 0.25) is 0 Å². The number of benzene rings is 3. The summed E-state index contributed by atoms with van der Waals surface area (Å²) in [5, 5.41) is 12.4. The van der Waals surface area contributed by atoms with Crippen molar-refractivity contribution in [2.75, 3.05) is 0 Å². The molecule has 3 nitrogen and oxygen atoms in total. The van der Waals surface area contributed by atoms with E-state index in [2.05, 4.69) is 42.5 Å². The highest BCUT2D eigenvalue weighted by Gasteiger charge is 2.13. The monoisotopic (exact) mass is 288 g/mol. The first-order valence-electron chi connectivity index (χ1n) is 7.03. The Kier molecular flexibility index (Phi) is 4.10. The van der Waals surface area contributed by atoms with Gasteiger partial charge in [0.1, 0.15) is 0 Å². The summed E-state index contributed by atoms with van der Waals surface area (Å²) in [6, 6.07) is 21.1. The van der Waals surface area contributed by atoms with Crippen molar-refractivity contribution in [2.24, 2.45) is 0 Å². The Morgan fingerprint density at radius 2 is 1.55 bits per heavy atom. The molecule has 0 saturated heterocycles. The van der Waals surface area contributed by atoms with E-state index in [0.29, 0.717) is 19.3 Å². The minimum atomic E-state index is 0.500. The Labute approximate surface area is 128 Å². The summed E-state index contributed by atoms with van der Waals surface area (Å²) < 4.78 is 5.79. The van der Waals surface area contributed by atoms with Crippen molar-refractivity contribution in [3.8, 4) is 0 Å². The highest BCUT2D eigenvalue weighted by molar-refractivity contribution is 5.91. The summed E-state index contributed by atoms with van der Waals surface area (Å²) in [7, 11) is 0. The van der Waals surface area contributed by atoms with Crippen LogP contribution in [0.25, 0.3) is 16.2 Å². The number of ether oxygens (including phenoxy) is 1. The van der Waals surface area contributed by atoms with Gasteiger partial charge in [-0.2, -0.15) is 0 Å². The van der Waals surface area contributed by atoms with Gasteiger partial charge in [0, 0.05) is 0 Å². The lowest BCUT2D eigenvalue weighted by atomic mass is 9.90. The van der Waals surface area contributed by atoms with Crippen molar-refractivity contribution in [3.05, 3.63) is 87.6 Å². The van der Waals surface area contributed by atoms with Crippen LogP contribution in [0.2, 0.25) is 0 Å². The first-order chi connectivity index (χ1) is 10.8. The lowest BCUT2D eigenvalue weighted by molar-refractivity contribution is 0.106. The highest BCUT2D eigenvalue weighted by Crippen LogP contribution is 2.31. The molecule has 0 saturated carbocycles. The third kappa shape index (κ3) is 2.56. The standard InChI is InChI=1S/C18H14O.CNO/c1-2-6-13(7-3-1)11-19-12-14-10-17-15-8-4-5-9-16(15)18(14)17;2-1-3/h1-10H,11-12H2;/q;-1. The number of carbonyl (C=O) groups excluding carboxylic acids is 1. The zero-order chi connectivity index (χ0) is 15.4. The number of hydrogen-bond donors (Lipinski definition) is 0. The van der Waals surface area contributed by atoms with E-state index in [4.69, 9.17) is 14.9 Å². The number of isocyanates is 1. The van der Waals surface area contributed by atoms with E-state index < -0.39 is 0 Å². The van der Waals surface area contributed by atoms with E-state index >= 15 is 0 Å². The van der Waals surface area contributed by atoms with E-state index in [9.17, 15) is 0 Å². The lowest BCUT2D eigenvalue weighted by Gasteiger charge is -2.17. The van der Waals surface area contributed by atoms with Gasteiger partial charge < -0.3 is 10.1 Å². The largest absolute Gasteiger partial charge is 0.724 e. The third-order valence-corrected chi connectivity index (χ3v) is 3.76. The molecule has 0 bridgehead atoms. The molecule has 4 rings (SSSR count).